The summed E-state index contributed by atoms with van der Waals surface area (Å²) in [7, 11) is -3.48. The lowest BCUT2D eigenvalue weighted by Gasteiger charge is -2.40. The van der Waals surface area contributed by atoms with Crippen LogP contribution in [-0.4, -0.2) is 66.5 Å². The second-order valence-corrected chi connectivity index (χ2v) is 10.1. The summed E-state index contributed by atoms with van der Waals surface area (Å²) in [5.74, 6) is -0.0955. The van der Waals surface area contributed by atoms with E-state index in [4.69, 9.17) is 0 Å². The summed E-state index contributed by atoms with van der Waals surface area (Å²) in [5.41, 5.74) is 2.04. The molecule has 4 rings (SSSR count). The molecule has 0 N–H and O–H groups in total. The van der Waals surface area contributed by atoms with Gasteiger partial charge in [0.1, 0.15) is 6.04 Å². The Hall–Kier alpha value is -1.97. The summed E-state index contributed by atoms with van der Waals surface area (Å²) in [4.78, 5) is 21.6. The van der Waals surface area contributed by atoms with Crippen molar-refractivity contribution in [2.24, 2.45) is 0 Å². The van der Waals surface area contributed by atoms with Crippen LogP contribution in [-0.2, 0) is 27.8 Å². The van der Waals surface area contributed by atoms with Gasteiger partial charge in [-0.25, -0.2) is 13.4 Å². The Labute approximate surface area is 169 Å². The predicted octanol–water partition coefficient (Wildman–Crippen LogP) is 1.57. The third kappa shape index (κ3) is 3.66. The van der Waals surface area contributed by atoms with Crippen molar-refractivity contribution in [2.45, 2.75) is 25.9 Å². The van der Waals surface area contributed by atoms with Gasteiger partial charge in [0.05, 0.1) is 5.75 Å². The van der Waals surface area contributed by atoms with Crippen LogP contribution >= 0.6 is 11.3 Å². The van der Waals surface area contributed by atoms with E-state index in [0.717, 1.165) is 16.3 Å². The third-order valence-corrected chi connectivity index (χ3v) is 8.15. The van der Waals surface area contributed by atoms with Gasteiger partial charge in [-0.3, -0.25) is 4.79 Å². The first kappa shape index (κ1) is 19.4. The van der Waals surface area contributed by atoms with Crippen molar-refractivity contribution >= 4 is 32.4 Å². The van der Waals surface area contributed by atoms with E-state index < -0.39 is 16.1 Å². The van der Waals surface area contributed by atoms with E-state index in [1.807, 2.05) is 29.6 Å². The van der Waals surface area contributed by atoms with Gasteiger partial charge in [0, 0.05) is 44.3 Å². The lowest BCUT2D eigenvalue weighted by molar-refractivity contribution is -0.136. The summed E-state index contributed by atoms with van der Waals surface area (Å²) < 4.78 is 26.8. The Balaban J connectivity index is 1.53. The highest BCUT2D eigenvalue weighted by molar-refractivity contribution is 7.89. The zero-order valence-electron chi connectivity index (χ0n) is 15.8. The molecule has 9 heteroatoms. The van der Waals surface area contributed by atoms with E-state index >= 15 is 0 Å². The lowest BCUT2D eigenvalue weighted by Crippen LogP contribution is -2.57. The zero-order chi connectivity index (χ0) is 19.7. The number of hydrogen-bond acceptors (Lipinski definition) is 6. The number of nitrogens with zero attached hydrogens (tertiary/aromatic N) is 4. The van der Waals surface area contributed by atoms with Crippen LogP contribution in [0.25, 0.3) is 0 Å². The Morgan fingerprint density at radius 2 is 1.89 bits per heavy atom. The Morgan fingerprint density at radius 3 is 2.54 bits per heavy atom. The predicted molar refractivity (Wildman–Crippen MR) is 110 cm³/mol. The van der Waals surface area contributed by atoms with E-state index in [2.05, 4.69) is 9.88 Å². The van der Waals surface area contributed by atoms with Gasteiger partial charge in [0.2, 0.25) is 15.9 Å². The Kier molecular flexibility index (Phi) is 5.39. The van der Waals surface area contributed by atoms with Crippen molar-refractivity contribution in [2.75, 3.05) is 36.8 Å². The minimum atomic E-state index is -3.48. The molecule has 1 fully saturated rings. The van der Waals surface area contributed by atoms with Gasteiger partial charge in [-0.1, -0.05) is 24.3 Å². The first-order valence-corrected chi connectivity index (χ1v) is 12.0. The summed E-state index contributed by atoms with van der Waals surface area (Å²) in [6.45, 7) is 4.48. The van der Waals surface area contributed by atoms with Crippen molar-refractivity contribution in [3.05, 3.63) is 47.0 Å². The minimum absolute atomic E-state index is 0.00320. The molecule has 7 nitrogen and oxygen atoms in total. The Morgan fingerprint density at radius 1 is 1.18 bits per heavy atom. The molecule has 1 saturated heterocycles. The van der Waals surface area contributed by atoms with Gasteiger partial charge >= 0.3 is 0 Å². The fourth-order valence-electron chi connectivity index (χ4n) is 3.87. The number of sulfonamides is 1. The molecule has 28 heavy (non-hydrogen) atoms. The second-order valence-electron chi connectivity index (χ2n) is 7.06. The lowest BCUT2D eigenvalue weighted by atomic mass is 9.95. The Bertz CT molecular complexity index is 938. The molecule has 1 aromatic carbocycles. The van der Waals surface area contributed by atoms with E-state index in [1.165, 1.54) is 4.31 Å². The summed E-state index contributed by atoms with van der Waals surface area (Å²) in [6.07, 6.45) is 2.21. The van der Waals surface area contributed by atoms with Crippen LogP contribution in [0, 0.1) is 0 Å². The van der Waals surface area contributed by atoms with Crippen molar-refractivity contribution < 1.29 is 13.2 Å². The third-order valence-electron chi connectivity index (χ3n) is 5.49. The van der Waals surface area contributed by atoms with E-state index in [9.17, 15) is 13.2 Å². The molecule has 2 aromatic rings. The summed E-state index contributed by atoms with van der Waals surface area (Å²) >= 11 is 1.59. The number of fused-ring (bicyclic) bond motifs is 1. The molecular weight excluding hydrogens is 396 g/mol. The largest absolute Gasteiger partial charge is 0.345 e. The first-order valence-electron chi connectivity index (χ1n) is 9.49. The SMILES string of the molecule is CCS(=O)(=O)N1Cc2ccccc2C[C@@H]1C(=O)N1CCN(c2nccs2)CC1. The number of anilines is 1. The number of thiazole rings is 1. The first-order chi connectivity index (χ1) is 13.5. The topological polar surface area (TPSA) is 73.8 Å². The highest BCUT2D eigenvalue weighted by Crippen LogP contribution is 2.28. The highest BCUT2D eigenvalue weighted by atomic mass is 32.2. The van der Waals surface area contributed by atoms with Gasteiger partial charge in [-0.05, 0) is 24.5 Å². The van der Waals surface area contributed by atoms with Crippen LogP contribution in [0.4, 0.5) is 5.13 Å². The average Bonchev–Trinajstić information content (AvgIpc) is 3.27. The van der Waals surface area contributed by atoms with Crippen LogP contribution in [0.2, 0.25) is 0 Å². The van der Waals surface area contributed by atoms with Crippen LogP contribution in [0.1, 0.15) is 18.1 Å². The number of aromatic nitrogens is 1. The number of rotatable bonds is 4. The molecule has 1 atom stereocenters. The number of carbonyl (C=O) groups excluding carboxylic acids is 1. The number of piperazine rings is 1. The van der Waals surface area contributed by atoms with Crippen LogP contribution in [0.3, 0.4) is 0 Å². The zero-order valence-corrected chi connectivity index (χ0v) is 17.5. The standard InChI is InChI=1S/C19H24N4O3S2/c1-2-28(25,26)23-14-16-6-4-3-5-15(16)13-17(23)18(24)21-8-10-22(11-9-21)19-20-7-12-27-19/h3-7,12,17H,2,8-11,13-14H2,1H3/t17-/m1/s1. The van der Waals surface area contributed by atoms with Gasteiger partial charge in [-0.15, -0.1) is 11.3 Å². The maximum atomic E-state index is 13.3. The molecule has 150 valence electrons. The fraction of sp³-hybridized carbons (Fsp3) is 0.474. The maximum absolute atomic E-state index is 13.3. The summed E-state index contributed by atoms with van der Waals surface area (Å²) in [6, 6.07) is 7.13. The quantitative estimate of drug-likeness (QED) is 0.751. The molecular formula is C19H24N4O3S2. The molecule has 0 spiro atoms. The molecule has 2 aliphatic rings. The van der Waals surface area contributed by atoms with Crippen molar-refractivity contribution in [3.63, 3.8) is 0 Å². The second kappa shape index (κ2) is 7.81. The van der Waals surface area contributed by atoms with Gasteiger partial charge < -0.3 is 9.80 Å². The van der Waals surface area contributed by atoms with Crippen LogP contribution in [0.15, 0.2) is 35.8 Å². The molecule has 0 aliphatic carbocycles. The maximum Gasteiger partial charge on any atom is 0.241 e. The summed E-state index contributed by atoms with van der Waals surface area (Å²) in [5, 5.41) is 2.91. The number of hydrogen-bond donors (Lipinski definition) is 0. The van der Waals surface area contributed by atoms with Crippen LogP contribution < -0.4 is 4.90 Å². The van der Waals surface area contributed by atoms with Gasteiger partial charge in [0.15, 0.2) is 5.13 Å². The highest BCUT2D eigenvalue weighted by Gasteiger charge is 2.40. The molecule has 0 unspecified atom stereocenters. The number of benzene rings is 1. The number of carbonyl (C=O) groups is 1. The number of amides is 1. The average molecular weight is 421 g/mol. The molecule has 1 amide bonds. The van der Waals surface area contributed by atoms with Gasteiger partial charge in [0.25, 0.3) is 0 Å². The van der Waals surface area contributed by atoms with Crippen molar-refractivity contribution in [3.8, 4) is 0 Å². The molecule has 0 radical (unpaired) electrons. The van der Waals surface area contributed by atoms with Crippen LogP contribution in [0.5, 0.6) is 0 Å². The molecule has 0 saturated carbocycles. The fourth-order valence-corrected chi connectivity index (χ4v) is 5.79. The van der Waals surface area contributed by atoms with Crippen molar-refractivity contribution in [1.29, 1.82) is 0 Å². The minimum Gasteiger partial charge on any atom is -0.345 e. The molecule has 2 aliphatic heterocycles. The molecule has 3 heterocycles. The normalized spacial score (nSPS) is 20.8. The van der Waals surface area contributed by atoms with Crippen molar-refractivity contribution in [1.82, 2.24) is 14.2 Å². The van der Waals surface area contributed by atoms with E-state index in [0.29, 0.717) is 32.6 Å². The van der Waals surface area contributed by atoms with Gasteiger partial charge in [-0.2, -0.15) is 4.31 Å². The monoisotopic (exact) mass is 420 g/mol. The van der Waals surface area contributed by atoms with E-state index in [1.54, 1.807) is 29.4 Å². The molecule has 0 bridgehead atoms. The van der Waals surface area contributed by atoms with E-state index in [-0.39, 0.29) is 18.2 Å². The smallest absolute Gasteiger partial charge is 0.241 e. The molecule has 1 aromatic heterocycles.